The second-order valence-corrected chi connectivity index (χ2v) is 7.63. The Bertz CT molecular complexity index is 948. The maximum absolute atomic E-state index is 12.7. The molecule has 1 amide bonds. The third-order valence-corrected chi connectivity index (χ3v) is 4.76. The number of aryl methyl sites for hydroxylation is 1. The summed E-state index contributed by atoms with van der Waals surface area (Å²) in [5, 5.41) is 15.6. The van der Waals surface area contributed by atoms with Crippen molar-refractivity contribution in [3.63, 3.8) is 0 Å². The fourth-order valence-corrected chi connectivity index (χ4v) is 3.24. The molecule has 0 unspecified atom stereocenters. The Morgan fingerprint density at radius 1 is 1.00 bits per heavy atom. The quantitative estimate of drug-likeness (QED) is 0.685. The van der Waals surface area contributed by atoms with Crippen LogP contribution < -0.4 is 5.32 Å². The van der Waals surface area contributed by atoms with Crippen molar-refractivity contribution in [1.29, 1.82) is 0 Å². The van der Waals surface area contributed by atoms with Gasteiger partial charge in [0.05, 0.1) is 0 Å². The summed E-state index contributed by atoms with van der Waals surface area (Å²) in [4.78, 5) is 14.0. The molecule has 3 rings (SSSR count). The zero-order valence-electron chi connectivity index (χ0n) is 17.1. The van der Waals surface area contributed by atoms with Gasteiger partial charge in [0.25, 0.3) is 0 Å². The highest BCUT2D eigenvalue weighted by Crippen LogP contribution is 2.32. The first kappa shape index (κ1) is 19.7. The third kappa shape index (κ3) is 4.27. The highest BCUT2D eigenvalue weighted by molar-refractivity contribution is 5.92. The van der Waals surface area contributed by atoms with Crippen LogP contribution in [-0.4, -0.2) is 26.1 Å². The van der Waals surface area contributed by atoms with Gasteiger partial charge in [-0.15, -0.1) is 10.2 Å². The zero-order valence-corrected chi connectivity index (χ0v) is 17.1. The first-order valence-corrected chi connectivity index (χ1v) is 9.63. The summed E-state index contributed by atoms with van der Waals surface area (Å²) in [6.07, 6.45) is 0. The van der Waals surface area contributed by atoms with Gasteiger partial charge in [0, 0.05) is 11.3 Å². The van der Waals surface area contributed by atoms with Crippen LogP contribution >= 0.6 is 0 Å². The van der Waals surface area contributed by atoms with E-state index in [1.807, 2.05) is 37.3 Å². The summed E-state index contributed by atoms with van der Waals surface area (Å²) in [6.45, 7) is 10.5. The lowest BCUT2D eigenvalue weighted by molar-refractivity contribution is -0.117. The largest absolute Gasteiger partial charge is 0.324 e. The van der Waals surface area contributed by atoms with E-state index in [1.165, 1.54) is 4.80 Å². The number of para-hydroxylation sites is 1. The monoisotopic (exact) mass is 377 g/mol. The molecule has 0 bridgehead atoms. The Balaban J connectivity index is 1.80. The van der Waals surface area contributed by atoms with E-state index in [4.69, 9.17) is 0 Å². The number of nitrogens with one attached hydrogen (secondary N) is 1. The van der Waals surface area contributed by atoms with Gasteiger partial charge < -0.3 is 5.32 Å². The number of carbonyl (C=O) groups is 1. The number of benzene rings is 2. The minimum atomic E-state index is -0.163. The number of aromatic nitrogens is 4. The molecular weight excluding hydrogens is 350 g/mol. The van der Waals surface area contributed by atoms with E-state index in [9.17, 15) is 4.79 Å². The Hall–Kier alpha value is -3.02. The molecule has 0 fully saturated rings. The smallest absolute Gasteiger partial charge is 0.248 e. The van der Waals surface area contributed by atoms with Crippen LogP contribution in [0.2, 0.25) is 0 Å². The lowest BCUT2D eigenvalue weighted by atomic mass is 9.92. The number of amides is 1. The van der Waals surface area contributed by atoms with Gasteiger partial charge in [-0.3, -0.25) is 4.79 Å². The zero-order chi connectivity index (χ0) is 20.3. The first-order chi connectivity index (χ1) is 13.4. The summed E-state index contributed by atoms with van der Waals surface area (Å²) >= 11 is 0. The highest BCUT2D eigenvalue weighted by atomic mass is 16.2. The fourth-order valence-electron chi connectivity index (χ4n) is 3.24. The van der Waals surface area contributed by atoms with Crippen molar-refractivity contribution in [2.75, 3.05) is 5.32 Å². The van der Waals surface area contributed by atoms with E-state index in [-0.39, 0.29) is 12.5 Å². The molecule has 0 aliphatic carbocycles. The molecule has 0 spiro atoms. The molecule has 1 heterocycles. The Morgan fingerprint density at radius 2 is 1.64 bits per heavy atom. The Morgan fingerprint density at radius 3 is 2.25 bits per heavy atom. The summed E-state index contributed by atoms with van der Waals surface area (Å²) in [7, 11) is 0. The van der Waals surface area contributed by atoms with E-state index < -0.39 is 0 Å². The van der Waals surface area contributed by atoms with Gasteiger partial charge >= 0.3 is 0 Å². The van der Waals surface area contributed by atoms with Crippen molar-refractivity contribution >= 4 is 11.6 Å². The van der Waals surface area contributed by atoms with Crippen molar-refractivity contribution in [2.24, 2.45) is 0 Å². The second kappa shape index (κ2) is 8.33. The number of rotatable bonds is 6. The molecule has 6 heteroatoms. The van der Waals surface area contributed by atoms with Crippen LogP contribution in [0.1, 0.15) is 56.2 Å². The molecule has 2 aromatic carbocycles. The SMILES string of the molecule is Cc1ccccc1-c1nnn(CC(=O)Nc2c(C(C)C)cccc2C(C)C)n1. The molecule has 0 atom stereocenters. The average Bonchev–Trinajstić information content (AvgIpc) is 3.09. The van der Waals surface area contributed by atoms with Crippen molar-refractivity contribution in [3.05, 3.63) is 59.2 Å². The van der Waals surface area contributed by atoms with E-state index >= 15 is 0 Å². The molecule has 0 aliphatic heterocycles. The van der Waals surface area contributed by atoms with Crippen molar-refractivity contribution in [2.45, 2.75) is 53.0 Å². The lowest BCUT2D eigenvalue weighted by Gasteiger charge is -2.20. The molecule has 0 aliphatic rings. The molecule has 1 N–H and O–H groups in total. The van der Waals surface area contributed by atoms with E-state index in [0.29, 0.717) is 17.7 Å². The standard InChI is InChI=1S/C22H27N5O/c1-14(2)17-11-8-12-18(15(3)4)21(17)23-20(28)13-27-25-22(24-26-27)19-10-7-6-9-16(19)5/h6-12,14-15H,13H2,1-5H3,(H,23,28). The van der Waals surface area contributed by atoms with Crippen molar-refractivity contribution in [3.8, 4) is 11.4 Å². The van der Waals surface area contributed by atoms with Gasteiger partial charge in [-0.25, -0.2) is 0 Å². The van der Waals surface area contributed by atoms with Crippen LogP contribution in [0.25, 0.3) is 11.4 Å². The third-order valence-electron chi connectivity index (χ3n) is 4.76. The maximum atomic E-state index is 12.7. The van der Waals surface area contributed by atoms with E-state index in [2.05, 4.69) is 60.6 Å². The van der Waals surface area contributed by atoms with Crippen LogP contribution in [-0.2, 0) is 11.3 Å². The molecule has 3 aromatic rings. The van der Waals surface area contributed by atoms with Crippen molar-refractivity contribution < 1.29 is 4.79 Å². The second-order valence-electron chi connectivity index (χ2n) is 7.63. The summed E-state index contributed by atoms with van der Waals surface area (Å²) in [5.74, 6) is 0.984. The molecule has 6 nitrogen and oxygen atoms in total. The van der Waals surface area contributed by atoms with Crippen molar-refractivity contribution in [1.82, 2.24) is 20.2 Å². The minimum absolute atomic E-state index is 0.0167. The Labute approximate surface area is 166 Å². The molecule has 1 aromatic heterocycles. The number of anilines is 1. The molecule has 0 radical (unpaired) electrons. The summed E-state index contributed by atoms with van der Waals surface area (Å²) in [6, 6.07) is 14.0. The molecule has 28 heavy (non-hydrogen) atoms. The predicted octanol–water partition coefficient (Wildman–Crippen LogP) is 4.53. The van der Waals surface area contributed by atoms with Gasteiger partial charge in [-0.2, -0.15) is 4.80 Å². The minimum Gasteiger partial charge on any atom is -0.324 e. The van der Waals surface area contributed by atoms with Gasteiger partial charge in [-0.05, 0) is 40.7 Å². The van der Waals surface area contributed by atoms with Gasteiger partial charge in [0.15, 0.2) is 0 Å². The molecular formula is C22H27N5O. The van der Waals surface area contributed by atoms with E-state index in [1.54, 1.807) is 0 Å². The average molecular weight is 377 g/mol. The van der Waals surface area contributed by atoms with Gasteiger partial charge in [0.1, 0.15) is 6.54 Å². The molecule has 146 valence electrons. The lowest BCUT2D eigenvalue weighted by Crippen LogP contribution is -2.22. The number of carbonyl (C=O) groups excluding carboxylic acids is 1. The van der Waals surface area contributed by atoms with Crippen LogP contribution in [0.5, 0.6) is 0 Å². The van der Waals surface area contributed by atoms with Crippen LogP contribution in [0.4, 0.5) is 5.69 Å². The summed E-state index contributed by atoms with van der Waals surface area (Å²) in [5.41, 5.74) is 5.15. The van der Waals surface area contributed by atoms with Gasteiger partial charge in [-0.1, -0.05) is 70.2 Å². The molecule has 0 saturated heterocycles. The number of nitrogens with zero attached hydrogens (tertiary/aromatic N) is 4. The summed E-state index contributed by atoms with van der Waals surface area (Å²) < 4.78 is 0. The maximum Gasteiger partial charge on any atom is 0.248 e. The number of hydrogen-bond acceptors (Lipinski definition) is 4. The molecule has 0 saturated carbocycles. The number of tetrazole rings is 1. The van der Waals surface area contributed by atoms with Gasteiger partial charge in [0.2, 0.25) is 11.7 Å². The Kier molecular flexibility index (Phi) is 5.87. The fraction of sp³-hybridized carbons (Fsp3) is 0.364. The topological polar surface area (TPSA) is 72.7 Å². The predicted molar refractivity (Wildman–Crippen MR) is 111 cm³/mol. The first-order valence-electron chi connectivity index (χ1n) is 9.63. The van der Waals surface area contributed by atoms with E-state index in [0.717, 1.165) is 27.9 Å². The number of hydrogen-bond donors (Lipinski definition) is 1. The highest BCUT2D eigenvalue weighted by Gasteiger charge is 2.17. The van der Waals surface area contributed by atoms with Crippen LogP contribution in [0, 0.1) is 6.92 Å². The normalized spacial score (nSPS) is 11.2. The van der Waals surface area contributed by atoms with Crippen LogP contribution in [0.15, 0.2) is 42.5 Å². The van der Waals surface area contributed by atoms with Crippen LogP contribution in [0.3, 0.4) is 0 Å².